The first-order valence-corrected chi connectivity index (χ1v) is 7.93. The molecule has 0 amide bonds. The highest BCUT2D eigenvalue weighted by atomic mass is 35.5. The normalized spacial score (nSPS) is 28.2. The van der Waals surface area contributed by atoms with Crippen molar-refractivity contribution in [1.29, 1.82) is 0 Å². The van der Waals surface area contributed by atoms with E-state index in [1.807, 2.05) is 24.4 Å². The summed E-state index contributed by atoms with van der Waals surface area (Å²) in [6.07, 6.45) is 7.70. The topological polar surface area (TPSA) is 56.5 Å². The van der Waals surface area contributed by atoms with Gasteiger partial charge in [0.2, 0.25) is 0 Å². The molecule has 1 aliphatic carbocycles. The molecule has 0 radical (unpaired) electrons. The first-order chi connectivity index (χ1) is 10.4. The molecule has 0 aromatic carbocycles. The van der Waals surface area contributed by atoms with E-state index in [4.69, 9.17) is 16.3 Å². The Kier molecular flexibility index (Phi) is 3.63. The van der Waals surface area contributed by atoms with Crippen LogP contribution in [0.25, 0.3) is 5.52 Å². The lowest BCUT2D eigenvalue weighted by Crippen LogP contribution is -2.30. The van der Waals surface area contributed by atoms with Gasteiger partial charge in [-0.3, -0.25) is 9.20 Å². The van der Waals surface area contributed by atoms with E-state index in [1.165, 1.54) is 0 Å². The van der Waals surface area contributed by atoms with E-state index in [0.717, 1.165) is 30.6 Å². The van der Waals surface area contributed by atoms with Gasteiger partial charge in [0.15, 0.2) is 5.15 Å². The molecule has 1 saturated carbocycles. The van der Waals surface area contributed by atoms with Crippen LogP contribution in [0.15, 0.2) is 18.6 Å². The summed E-state index contributed by atoms with van der Waals surface area (Å²) < 4.78 is 7.23. The van der Waals surface area contributed by atoms with E-state index in [0.29, 0.717) is 11.8 Å². The number of rotatable bonds is 3. The zero-order valence-electron chi connectivity index (χ0n) is 13.1. The lowest BCUT2D eigenvalue weighted by Gasteiger charge is -2.26. The molecular weight excluding hydrogens is 302 g/mol. The molecule has 0 spiro atoms. The van der Waals surface area contributed by atoms with Gasteiger partial charge < -0.3 is 4.74 Å². The third-order valence-electron chi connectivity index (χ3n) is 4.73. The van der Waals surface area contributed by atoms with Gasteiger partial charge in [0, 0.05) is 17.8 Å². The Balaban J connectivity index is 1.97. The number of ether oxygens (including phenoxy) is 1. The highest BCUT2D eigenvalue weighted by Gasteiger charge is 2.50. The third-order valence-corrected chi connectivity index (χ3v) is 5.02. The van der Waals surface area contributed by atoms with Crippen molar-refractivity contribution in [2.45, 2.75) is 45.4 Å². The first-order valence-electron chi connectivity index (χ1n) is 7.55. The van der Waals surface area contributed by atoms with Crippen LogP contribution in [-0.2, 0) is 14.9 Å². The Labute approximate surface area is 134 Å². The quantitative estimate of drug-likeness (QED) is 0.813. The predicted molar refractivity (Wildman–Crippen MR) is 83.9 cm³/mol. The summed E-state index contributed by atoms with van der Waals surface area (Å²) in [6.45, 7) is 6.40. The van der Waals surface area contributed by atoms with E-state index in [2.05, 4.69) is 16.9 Å². The maximum absolute atomic E-state index is 12.3. The molecule has 2 atom stereocenters. The van der Waals surface area contributed by atoms with Gasteiger partial charge in [0.05, 0.1) is 18.2 Å². The number of hydrogen-bond acceptors (Lipinski definition) is 4. The highest BCUT2D eigenvalue weighted by molar-refractivity contribution is 6.32. The second kappa shape index (κ2) is 5.23. The summed E-state index contributed by atoms with van der Waals surface area (Å²) in [7, 11) is 0. The van der Waals surface area contributed by atoms with Gasteiger partial charge in [0.1, 0.15) is 11.3 Å². The number of halogens is 1. The third kappa shape index (κ3) is 2.28. The van der Waals surface area contributed by atoms with E-state index in [9.17, 15) is 4.79 Å². The number of esters is 1. The fourth-order valence-electron chi connectivity index (χ4n) is 3.60. The van der Waals surface area contributed by atoms with Crippen molar-refractivity contribution >= 4 is 23.1 Å². The Morgan fingerprint density at radius 2 is 2.18 bits per heavy atom. The van der Waals surface area contributed by atoms with Crippen molar-refractivity contribution in [2.24, 2.45) is 5.41 Å². The summed E-state index contributed by atoms with van der Waals surface area (Å²) in [5.74, 6) is 0.819. The van der Waals surface area contributed by atoms with Crippen molar-refractivity contribution < 1.29 is 9.53 Å². The van der Waals surface area contributed by atoms with Crippen molar-refractivity contribution in [2.75, 3.05) is 6.61 Å². The molecule has 2 aromatic rings. The van der Waals surface area contributed by atoms with Crippen LogP contribution in [0.5, 0.6) is 0 Å². The summed E-state index contributed by atoms with van der Waals surface area (Å²) in [4.78, 5) is 20.9. The van der Waals surface area contributed by atoms with Gasteiger partial charge >= 0.3 is 5.97 Å². The minimum absolute atomic E-state index is 0.112. The van der Waals surface area contributed by atoms with E-state index < -0.39 is 5.41 Å². The van der Waals surface area contributed by atoms with Gasteiger partial charge in [-0.2, -0.15) is 0 Å². The second-order valence-corrected chi connectivity index (χ2v) is 6.93. The molecule has 2 aromatic heterocycles. The van der Waals surface area contributed by atoms with Crippen LogP contribution in [-0.4, -0.2) is 26.9 Å². The minimum Gasteiger partial charge on any atom is -0.466 e. The molecule has 1 aliphatic rings. The van der Waals surface area contributed by atoms with Crippen molar-refractivity contribution in [1.82, 2.24) is 14.4 Å². The molecule has 5 nitrogen and oxygen atoms in total. The number of fused-ring (bicyclic) bond motifs is 1. The Morgan fingerprint density at radius 1 is 1.41 bits per heavy atom. The zero-order chi connectivity index (χ0) is 16.0. The van der Waals surface area contributed by atoms with Crippen molar-refractivity contribution in [3.63, 3.8) is 0 Å². The van der Waals surface area contributed by atoms with Gasteiger partial charge in [-0.25, -0.2) is 9.97 Å². The first kappa shape index (κ1) is 15.3. The van der Waals surface area contributed by atoms with E-state index in [-0.39, 0.29) is 11.4 Å². The second-order valence-electron chi connectivity index (χ2n) is 6.57. The lowest BCUT2D eigenvalue weighted by molar-refractivity contribution is -0.154. The monoisotopic (exact) mass is 321 g/mol. The number of carbonyl (C=O) groups is 1. The molecule has 22 heavy (non-hydrogen) atoms. The summed E-state index contributed by atoms with van der Waals surface area (Å²) in [5.41, 5.74) is 0.164. The number of nitrogens with zero attached hydrogens (tertiary/aromatic N) is 3. The maximum Gasteiger partial charge on any atom is 0.311 e. The Morgan fingerprint density at radius 3 is 2.91 bits per heavy atom. The van der Waals surface area contributed by atoms with E-state index >= 15 is 0 Å². The molecule has 0 saturated heterocycles. The fourth-order valence-corrected chi connectivity index (χ4v) is 3.80. The number of hydrogen-bond donors (Lipinski definition) is 0. The van der Waals surface area contributed by atoms with Crippen molar-refractivity contribution in [3.05, 3.63) is 29.6 Å². The Bertz CT molecular complexity index is 729. The predicted octanol–water partition coefficient (Wildman–Crippen LogP) is 3.39. The van der Waals surface area contributed by atoms with Gasteiger partial charge in [-0.15, -0.1) is 0 Å². The average molecular weight is 322 g/mol. The van der Waals surface area contributed by atoms with E-state index in [1.54, 1.807) is 12.4 Å². The van der Waals surface area contributed by atoms with Crippen LogP contribution in [0.4, 0.5) is 0 Å². The smallest absolute Gasteiger partial charge is 0.311 e. The highest BCUT2D eigenvalue weighted by Crippen LogP contribution is 2.51. The largest absolute Gasteiger partial charge is 0.466 e. The molecule has 1 fully saturated rings. The van der Waals surface area contributed by atoms with Crippen LogP contribution in [0.2, 0.25) is 5.15 Å². The Hall–Kier alpha value is -1.62. The molecule has 6 heteroatoms. The number of aromatic nitrogens is 3. The molecule has 0 bridgehead atoms. The van der Waals surface area contributed by atoms with Crippen LogP contribution in [0.3, 0.4) is 0 Å². The molecule has 2 heterocycles. The molecule has 0 aliphatic heterocycles. The molecule has 2 unspecified atom stereocenters. The molecule has 3 rings (SSSR count). The molecule has 118 valence electrons. The molecular formula is C16H20ClN3O2. The summed E-state index contributed by atoms with van der Waals surface area (Å²) in [6, 6.07) is 0. The van der Waals surface area contributed by atoms with Crippen molar-refractivity contribution in [3.8, 4) is 0 Å². The lowest BCUT2D eigenvalue weighted by atomic mass is 9.81. The summed E-state index contributed by atoms with van der Waals surface area (Å²) in [5, 5.41) is 0.441. The molecule has 0 N–H and O–H groups in total. The zero-order valence-corrected chi connectivity index (χ0v) is 13.9. The van der Waals surface area contributed by atoms with Crippen LogP contribution in [0, 0.1) is 5.41 Å². The van der Waals surface area contributed by atoms with Crippen LogP contribution >= 0.6 is 11.6 Å². The SMILES string of the molecule is CCOC(=O)C1(C)CCC(C)(c2ncc3c(Cl)nccn23)C1. The standard InChI is InChI=1S/C16H20ClN3O2/c1-4-22-14(21)16(3)6-5-15(2,10-16)13-19-9-11-12(17)18-7-8-20(11)13/h7-9H,4-6,10H2,1-3H3. The minimum atomic E-state index is -0.451. The maximum atomic E-state index is 12.3. The fraction of sp³-hybridized carbons (Fsp3) is 0.562. The summed E-state index contributed by atoms with van der Waals surface area (Å²) >= 11 is 6.12. The average Bonchev–Trinajstić information content (AvgIpc) is 3.04. The van der Waals surface area contributed by atoms with Gasteiger partial charge in [-0.05, 0) is 33.1 Å². The number of carbonyl (C=O) groups excluding carboxylic acids is 1. The van der Waals surface area contributed by atoms with Crippen LogP contribution < -0.4 is 0 Å². The number of imidazole rings is 1. The van der Waals surface area contributed by atoms with Gasteiger partial charge in [-0.1, -0.05) is 18.5 Å². The van der Waals surface area contributed by atoms with Gasteiger partial charge in [0.25, 0.3) is 0 Å². The van der Waals surface area contributed by atoms with Crippen LogP contribution in [0.1, 0.15) is 45.9 Å².